The Labute approximate surface area is 108 Å². The molecule has 0 saturated heterocycles. The van der Waals surface area contributed by atoms with Crippen molar-refractivity contribution in [1.29, 1.82) is 0 Å². The van der Waals surface area contributed by atoms with Crippen molar-refractivity contribution in [3.63, 3.8) is 0 Å². The van der Waals surface area contributed by atoms with E-state index in [2.05, 4.69) is 73.3 Å². The number of nitrogens with one attached hydrogen (secondary N) is 1. The van der Waals surface area contributed by atoms with E-state index in [1.54, 1.807) is 0 Å². The van der Waals surface area contributed by atoms with Crippen LogP contribution in [0.5, 0.6) is 0 Å². The lowest BCUT2D eigenvalue weighted by molar-refractivity contribution is 0.268. The third-order valence-corrected chi connectivity index (χ3v) is 3.56. The molecule has 0 heterocycles. The summed E-state index contributed by atoms with van der Waals surface area (Å²) in [4.78, 5) is 0. The number of rotatable bonds is 4. The molecule has 0 spiro atoms. The van der Waals surface area contributed by atoms with Gasteiger partial charge in [-0.25, -0.2) is 0 Å². The molecular formula is C14H22BrN. The van der Waals surface area contributed by atoms with Crippen molar-refractivity contribution in [2.24, 2.45) is 5.41 Å². The largest absolute Gasteiger partial charge is 0.316 e. The summed E-state index contributed by atoms with van der Waals surface area (Å²) in [5, 5.41) is 3.41. The van der Waals surface area contributed by atoms with Crippen molar-refractivity contribution in [2.45, 2.75) is 39.7 Å². The van der Waals surface area contributed by atoms with Crippen LogP contribution in [-0.2, 0) is 6.42 Å². The SMILES string of the molecule is CNC(CCc1ccc(Br)cc1)C(C)(C)C. The van der Waals surface area contributed by atoms with E-state index in [0.717, 1.165) is 10.9 Å². The maximum Gasteiger partial charge on any atom is 0.0175 e. The van der Waals surface area contributed by atoms with Crippen LogP contribution in [0.1, 0.15) is 32.8 Å². The Hall–Kier alpha value is -0.340. The second kappa shape index (κ2) is 5.83. The van der Waals surface area contributed by atoms with E-state index in [9.17, 15) is 0 Å². The third-order valence-electron chi connectivity index (χ3n) is 3.03. The predicted octanol–water partition coefficient (Wildman–Crippen LogP) is 4.02. The minimum atomic E-state index is 0.324. The summed E-state index contributed by atoms with van der Waals surface area (Å²) in [5.41, 5.74) is 1.73. The highest BCUT2D eigenvalue weighted by Crippen LogP contribution is 2.23. The van der Waals surface area contributed by atoms with Gasteiger partial charge in [0, 0.05) is 10.5 Å². The highest BCUT2D eigenvalue weighted by molar-refractivity contribution is 9.10. The van der Waals surface area contributed by atoms with E-state index in [1.165, 1.54) is 12.0 Å². The molecule has 2 heteroatoms. The van der Waals surface area contributed by atoms with Gasteiger partial charge in [-0.05, 0) is 43.0 Å². The standard InChI is InChI=1S/C14H22BrN/c1-14(2,3)13(16-4)10-7-11-5-8-12(15)9-6-11/h5-6,8-9,13,16H,7,10H2,1-4H3. The zero-order valence-electron chi connectivity index (χ0n) is 10.7. The molecule has 0 fully saturated rings. The van der Waals surface area contributed by atoms with Crippen LogP contribution in [0.15, 0.2) is 28.7 Å². The summed E-state index contributed by atoms with van der Waals surface area (Å²) in [6.45, 7) is 6.86. The Morgan fingerprint density at radius 2 is 1.75 bits per heavy atom. The molecular weight excluding hydrogens is 262 g/mol. The van der Waals surface area contributed by atoms with Crippen molar-refractivity contribution in [2.75, 3.05) is 7.05 Å². The van der Waals surface area contributed by atoms with Crippen LogP contribution in [0.2, 0.25) is 0 Å². The van der Waals surface area contributed by atoms with E-state index in [1.807, 2.05) is 0 Å². The van der Waals surface area contributed by atoms with Crippen LogP contribution >= 0.6 is 15.9 Å². The van der Waals surface area contributed by atoms with E-state index in [4.69, 9.17) is 0 Å². The first-order valence-electron chi connectivity index (χ1n) is 5.85. The molecule has 90 valence electrons. The fourth-order valence-electron chi connectivity index (χ4n) is 1.97. The summed E-state index contributed by atoms with van der Waals surface area (Å²) in [7, 11) is 2.05. The van der Waals surface area contributed by atoms with Crippen LogP contribution in [-0.4, -0.2) is 13.1 Å². The molecule has 0 radical (unpaired) electrons. The molecule has 1 N–H and O–H groups in total. The Kier molecular flexibility index (Phi) is 5.00. The molecule has 0 aromatic heterocycles. The van der Waals surface area contributed by atoms with Gasteiger partial charge in [-0.2, -0.15) is 0 Å². The molecule has 1 aromatic rings. The maximum absolute atomic E-state index is 3.46. The molecule has 1 aromatic carbocycles. The van der Waals surface area contributed by atoms with Gasteiger partial charge in [0.05, 0.1) is 0 Å². The van der Waals surface area contributed by atoms with Crippen LogP contribution < -0.4 is 5.32 Å². The fourth-order valence-corrected chi connectivity index (χ4v) is 2.24. The number of halogens is 1. The number of hydrogen-bond acceptors (Lipinski definition) is 1. The van der Waals surface area contributed by atoms with Crippen LogP contribution in [0.4, 0.5) is 0 Å². The average molecular weight is 284 g/mol. The van der Waals surface area contributed by atoms with Gasteiger partial charge in [-0.15, -0.1) is 0 Å². The van der Waals surface area contributed by atoms with Gasteiger partial charge in [0.2, 0.25) is 0 Å². The number of aryl methyl sites for hydroxylation is 1. The molecule has 1 atom stereocenters. The molecule has 1 rings (SSSR count). The molecule has 16 heavy (non-hydrogen) atoms. The zero-order chi connectivity index (χ0) is 12.2. The van der Waals surface area contributed by atoms with Crippen LogP contribution in [0.25, 0.3) is 0 Å². The summed E-state index contributed by atoms with van der Waals surface area (Å²) in [6, 6.07) is 9.18. The Morgan fingerprint density at radius 3 is 2.19 bits per heavy atom. The van der Waals surface area contributed by atoms with Gasteiger partial charge >= 0.3 is 0 Å². The van der Waals surface area contributed by atoms with E-state index >= 15 is 0 Å². The molecule has 0 aliphatic heterocycles. The highest BCUT2D eigenvalue weighted by Gasteiger charge is 2.22. The minimum absolute atomic E-state index is 0.324. The predicted molar refractivity (Wildman–Crippen MR) is 74.8 cm³/mol. The summed E-state index contributed by atoms with van der Waals surface area (Å²) in [6.07, 6.45) is 2.32. The Bertz CT molecular complexity index is 311. The van der Waals surface area contributed by atoms with Crippen LogP contribution in [0, 0.1) is 5.41 Å². The van der Waals surface area contributed by atoms with Gasteiger partial charge < -0.3 is 5.32 Å². The summed E-state index contributed by atoms with van der Waals surface area (Å²) >= 11 is 3.46. The van der Waals surface area contributed by atoms with E-state index in [-0.39, 0.29) is 0 Å². The first kappa shape index (κ1) is 13.7. The second-order valence-electron chi connectivity index (χ2n) is 5.37. The molecule has 0 saturated carbocycles. The first-order chi connectivity index (χ1) is 7.43. The van der Waals surface area contributed by atoms with Crippen molar-refractivity contribution in [1.82, 2.24) is 5.32 Å². The van der Waals surface area contributed by atoms with Gasteiger partial charge in [0.1, 0.15) is 0 Å². The average Bonchev–Trinajstić information content (AvgIpc) is 2.19. The van der Waals surface area contributed by atoms with Gasteiger partial charge in [0.15, 0.2) is 0 Å². The van der Waals surface area contributed by atoms with Gasteiger partial charge in [-0.3, -0.25) is 0 Å². The molecule has 1 unspecified atom stereocenters. The third kappa shape index (κ3) is 4.26. The molecule has 0 bridgehead atoms. The monoisotopic (exact) mass is 283 g/mol. The smallest absolute Gasteiger partial charge is 0.0175 e. The van der Waals surface area contributed by atoms with Crippen molar-refractivity contribution in [3.8, 4) is 0 Å². The lowest BCUT2D eigenvalue weighted by atomic mass is 9.83. The molecule has 1 nitrogen and oxygen atoms in total. The van der Waals surface area contributed by atoms with Gasteiger partial charge in [0.25, 0.3) is 0 Å². The second-order valence-corrected chi connectivity index (χ2v) is 6.29. The Morgan fingerprint density at radius 1 is 1.19 bits per heavy atom. The number of benzene rings is 1. The first-order valence-corrected chi connectivity index (χ1v) is 6.64. The van der Waals surface area contributed by atoms with E-state index < -0.39 is 0 Å². The van der Waals surface area contributed by atoms with E-state index in [0.29, 0.717) is 11.5 Å². The van der Waals surface area contributed by atoms with Gasteiger partial charge in [-0.1, -0.05) is 48.8 Å². The summed E-state index contributed by atoms with van der Waals surface area (Å²) in [5.74, 6) is 0. The van der Waals surface area contributed by atoms with Crippen molar-refractivity contribution in [3.05, 3.63) is 34.3 Å². The molecule has 0 aliphatic carbocycles. The Balaban J connectivity index is 2.53. The minimum Gasteiger partial charge on any atom is -0.316 e. The highest BCUT2D eigenvalue weighted by atomic mass is 79.9. The molecule has 0 amide bonds. The van der Waals surface area contributed by atoms with Crippen molar-refractivity contribution >= 4 is 15.9 Å². The number of hydrogen-bond donors (Lipinski definition) is 1. The van der Waals surface area contributed by atoms with Crippen molar-refractivity contribution < 1.29 is 0 Å². The fraction of sp³-hybridized carbons (Fsp3) is 0.571. The summed E-state index contributed by atoms with van der Waals surface area (Å²) < 4.78 is 1.15. The zero-order valence-corrected chi connectivity index (χ0v) is 12.3. The lowest BCUT2D eigenvalue weighted by Crippen LogP contribution is -2.38. The van der Waals surface area contributed by atoms with Crippen LogP contribution in [0.3, 0.4) is 0 Å². The lowest BCUT2D eigenvalue weighted by Gasteiger charge is -2.30. The topological polar surface area (TPSA) is 12.0 Å². The molecule has 0 aliphatic rings. The quantitative estimate of drug-likeness (QED) is 0.880. The maximum atomic E-state index is 3.46. The normalized spacial score (nSPS) is 13.8.